The lowest BCUT2D eigenvalue weighted by Crippen LogP contribution is -2.04. The van der Waals surface area contributed by atoms with Crippen molar-refractivity contribution >= 4 is 0 Å². The summed E-state index contributed by atoms with van der Waals surface area (Å²) in [4.78, 5) is 13.1. The third kappa shape index (κ3) is 0.967. The second-order valence-corrected chi connectivity index (χ2v) is 4.11. The van der Waals surface area contributed by atoms with Crippen LogP contribution in [0.4, 0.5) is 0 Å². The van der Waals surface area contributed by atoms with E-state index in [9.17, 15) is 9.90 Å². The summed E-state index contributed by atoms with van der Waals surface area (Å²) in [6, 6.07) is 0. The second kappa shape index (κ2) is 2.53. The quantitative estimate of drug-likeness (QED) is 0.661. The molecule has 3 unspecified atom stereocenters. The lowest BCUT2D eigenvalue weighted by Gasteiger charge is -2.14. The Kier molecular flexibility index (Phi) is 1.43. The predicted octanol–water partition coefficient (Wildman–Crippen LogP) is 1.35. The minimum Gasteiger partial charge on any atom is -0.492 e. The fraction of sp³-hybridized carbons (Fsp3) is 0.500. The van der Waals surface area contributed by atoms with Gasteiger partial charge < -0.3 is 9.52 Å². The molecule has 0 saturated heterocycles. The van der Waals surface area contributed by atoms with Crippen LogP contribution in [0.2, 0.25) is 0 Å². The number of aromatic amines is 1. The molecule has 2 aliphatic carbocycles. The van der Waals surface area contributed by atoms with Gasteiger partial charge in [0.05, 0.1) is 0 Å². The summed E-state index contributed by atoms with van der Waals surface area (Å²) in [5.41, 5.74) is 0. The van der Waals surface area contributed by atoms with Crippen molar-refractivity contribution in [3.63, 3.8) is 0 Å². The summed E-state index contributed by atoms with van der Waals surface area (Å²) in [5.74, 6) is 0.996. The molecule has 1 aromatic heterocycles. The highest BCUT2D eigenvalue weighted by Crippen LogP contribution is 2.49. The van der Waals surface area contributed by atoms with Gasteiger partial charge in [-0.25, -0.2) is 4.79 Å². The Labute approximate surface area is 80.3 Å². The highest BCUT2D eigenvalue weighted by atomic mass is 16.4. The number of fused-ring (bicyclic) bond motifs is 2. The van der Waals surface area contributed by atoms with E-state index in [-0.39, 0.29) is 11.8 Å². The third-order valence-electron chi connectivity index (χ3n) is 3.27. The van der Waals surface area contributed by atoms with Crippen LogP contribution < -0.4 is 5.76 Å². The summed E-state index contributed by atoms with van der Waals surface area (Å²) in [6.07, 6.45) is 6.47. The summed E-state index contributed by atoms with van der Waals surface area (Å²) in [6.45, 7) is 0. The van der Waals surface area contributed by atoms with E-state index in [0.29, 0.717) is 17.6 Å². The molecule has 4 heteroatoms. The van der Waals surface area contributed by atoms with Gasteiger partial charge >= 0.3 is 5.76 Å². The maximum Gasteiger partial charge on any atom is 0.419 e. The van der Waals surface area contributed by atoms with Crippen molar-refractivity contribution in [2.75, 3.05) is 0 Å². The Hall–Kier alpha value is -1.45. The van der Waals surface area contributed by atoms with E-state index < -0.39 is 5.76 Å². The van der Waals surface area contributed by atoms with E-state index in [2.05, 4.69) is 17.1 Å². The number of nitrogens with one attached hydrogen (secondary N) is 1. The zero-order chi connectivity index (χ0) is 9.71. The first-order valence-electron chi connectivity index (χ1n) is 4.84. The Morgan fingerprint density at radius 2 is 2.29 bits per heavy atom. The molecule has 1 heterocycles. The highest BCUT2D eigenvalue weighted by molar-refractivity contribution is 5.25. The van der Waals surface area contributed by atoms with Crippen molar-refractivity contribution < 1.29 is 9.52 Å². The summed E-state index contributed by atoms with van der Waals surface area (Å²) < 4.78 is 4.96. The average Bonchev–Trinajstić information content (AvgIpc) is 2.79. The molecule has 2 N–H and O–H groups in total. The SMILES string of the molecule is O=c1[nH]c(O)c(C2CC3C=CC2C3)o1. The predicted molar refractivity (Wildman–Crippen MR) is 49.1 cm³/mol. The molecule has 0 aliphatic heterocycles. The molecule has 1 saturated carbocycles. The average molecular weight is 193 g/mol. The van der Waals surface area contributed by atoms with Crippen molar-refractivity contribution in [1.82, 2.24) is 4.98 Å². The maximum atomic E-state index is 10.9. The number of H-pyrrole nitrogens is 1. The standard InChI is InChI=1S/C10H11NO3/c12-9-8(14-10(13)11-9)7-4-5-1-2-6(7)3-5/h1-2,5-7,12H,3-4H2,(H,11,13). The van der Waals surface area contributed by atoms with Crippen molar-refractivity contribution in [1.29, 1.82) is 0 Å². The van der Waals surface area contributed by atoms with Crippen LogP contribution in [0.3, 0.4) is 0 Å². The molecule has 14 heavy (non-hydrogen) atoms. The Morgan fingerprint density at radius 3 is 2.79 bits per heavy atom. The van der Waals surface area contributed by atoms with Gasteiger partial charge in [0.2, 0.25) is 5.88 Å². The molecule has 4 nitrogen and oxygen atoms in total. The summed E-state index contributed by atoms with van der Waals surface area (Å²) >= 11 is 0. The third-order valence-corrected chi connectivity index (χ3v) is 3.27. The van der Waals surface area contributed by atoms with Crippen molar-refractivity contribution in [2.45, 2.75) is 18.8 Å². The van der Waals surface area contributed by atoms with E-state index in [1.54, 1.807) is 0 Å². The molecule has 3 rings (SSSR count). The number of aromatic nitrogens is 1. The van der Waals surface area contributed by atoms with E-state index in [4.69, 9.17) is 4.42 Å². The topological polar surface area (TPSA) is 66.2 Å². The number of hydrogen-bond acceptors (Lipinski definition) is 3. The van der Waals surface area contributed by atoms with Crippen LogP contribution in [-0.2, 0) is 0 Å². The molecule has 0 radical (unpaired) electrons. The van der Waals surface area contributed by atoms with Gasteiger partial charge in [-0.1, -0.05) is 12.2 Å². The van der Waals surface area contributed by atoms with Crippen molar-refractivity contribution in [3.8, 4) is 5.88 Å². The number of hydrogen-bond donors (Lipinski definition) is 2. The minimum atomic E-state index is -0.566. The number of rotatable bonds is 1. The van der Waals surface area contributed by atoms with E-state index in [0.717, 1.165) is 12.8 Å². The molecule has 0 spiro atoms. The first-order chi connectivity index (χ1) is 6.74. The fourth-order valence-corrected chi connectivity index (χ4v) is 2.67. The first kappa shape index (κ1) is 7.91. The van der Waals surface area contributed by atoms with Gasteiger partial charge in [0, 0.05) is 5.92 Å². The molecule has 2 bridgehead atoms. The van der Waals surface area contributed by atoms with Crippen LogP contribution in [0.5, 0.6) is 5.88 Å². The molecular weight excluding hydrogens is 182 g/mol. The summed E-state index contributed by atoms with van der Waals surface area (Å²) in [7, 11) is 0. The fourth-order valence-electron chi connectivity index (χ4n) is 2.67. The molecule has 3 atom stereocenters. The van der Waals surface area contributed by atoms with Gasteiger partial charge in [0.1, 0.15) is 0 Å². The normalized spacial score (nSPS) is 34.1. The van der Waals surface area contributed by atoms with Crippen LogP contribution in [0, 0.1) is 11.8 Å². The smallest absolute Gasteiger partial charge is 0.419 e. The Morgan fingerprint density at radius 1 is 1.43 bits per heavy atom. The van der Waals surface area contributed by atoms with Crippen LogP contribution in [0.15, 0.2) is 21.4 Å². The monoisotopic (exact) mass is 193 g/mol. The minimum absolute atomic E-state index is 0.0963. The number of aromatic hydroxyl groups is 1. The molecule has 74 valence electrons. The maximum absolute atomic E-state index is 10.9. The molecular formula is C10H11NO3. The van der Waals surface area contributed by atoms with E-state index in [1.165, 1.54) is 0 Å². The molecule has 1 fully saturated rings. The largest absolute Gasteiger partial charge is 0.492 e. The molecule has 1 aromatic rings. The number of oxazole rings is 1. The molecule has 0 aromatic carbocycles. The van der Waals surface area contributed by atoms with Crippen LogP contribution >= 0.6 is 0 Å². The van der Waals surface area contributed by atoms with Gasteiger partial charge in [-0.2, -0.15) is 0 Å². The van der Waals surface area contributed by atoms with Crippen molar-refractivity contribution in [3.05, 3.63) is 28.5 Å². The van der Waals surface area contributed by atoms with Crippen molar-refractivity contribution in [2.24, 2.45) is 11.8 Å². The van der Waals surface area contributed by atoms with Gasteiger partial charge in [-0.3, -0.25) is 4.98 Å². The Bertz CT molecular complexity index is 442. The zero-order valence-electron chi connectivity index (χ0n) is 7.56. The van der Waals surface area contributed by atoms with Gasteiger partial charge in [0.15, 0.2) is 5.76 Å². The highest BCUT2D eigenvalue weighted by Gasteiger charge is 2.39. The van der Waals surface area contributed by atoms with Gasteiger partial charge in [-0.15, -0.1) is 0 Å². The lowest BCUT2D eigenvalue weighted by molar-refractivity contribution is 0.375. The number of allylic oxidation sites excluding steroid dienone is 2. The summed E-state index contributed by atoms with van der Waals surface area (Å²) in [5, 5.41) is 9.45. The zero-order valence-corrected chi connectivity index (χ0v) is 7.56. The van der Waals surface area contributed by atoms with Crippen LogP contribution in [0.1, 0.15) is 24.5 Å². The lowest BCUT2D eigenvalue weighted by atomic mass is 9.91. The van der Waals surface area contributed by atoms with Gasteiger partial charge in [-0.05, 0) is 24.7 Å². The van der Waals surface area contributed by atoms with E-state index >= 15 is 0 Å². The molecule has 2 aliphatic rings. The molecule has 0 amide bonds. The van der Waals surface area contributed by atoms with Crippen LogP contribution in [0.25, 0.3) is 0 Å². The second-order valence-electron chi connectivity index (χ2n) is 4.11. The van der Waals surface area contributed by atoms with E-state index in [1.807, 2.05) is 0 Å². The van der Waals surface area contributed by atoms with Gasteiger partial charge in [0.25, 0.3) is 0 Å². The Balaban J connectivity index is 2.00. The first-order valence-corrected chi connectivity index (χ1v) is 4.84. The van der Waals surface area contributed by atoms with Crippen LogP contribution in [-0.4, -0.2) is 10.1 Å².